The van der Waals surface area contributed by atoms with Crippen LogP contribution in [0.3, 0.4) is 0 Å². The summed E-state index contributed by atoms with van der Waals surface area (Å²) in [5.41, 5.74) is 2.87. The molecule has 0 saturated carbocycles. The smallest absolute Gasteiger partial charge is 0.260 e. The lowest BCUT2D eigenvalue weighted by molar-refractivity contribution is -0.116. The zero-order chi connectivity index (χ0) is 21.5. The summed E-state index contributed by atoms with van der Waals surface area (Å²) in [4.78, 5) is 13.1. The summed E-state index contributed by atoms with van der Waals surface area (Å²) in [5, 5.41) is 6.30. The maximum Gasteiger partial charge on any atom is 0.260 e. The van der Waals surface area contributed by atoms with E-state index in [0.29, 0.717) is 29.6 Å². The van der Waals surface area contributed by atoms with Crippen LogP contribution in [0.2, 0.25) is 0 Å². The minimum Gasteiger partial charge on any atom is -0.490 e. The fourth-order valence-corrected chi connectivity index (χ4v) is 4.48. The average Bonchev–Trinajstić information content (AvgIpc) is 3.07. The van der Waals surface area contributed by atoms with Crippen LogP contribution in [0.15, 0.2) is 58.4 Å². The quantitative estimate of drug-likeness (QED) is 0.356. The van der Waals surface area contributed by atoms with Gasteiger partial charge in [0.2, 0.25) is 0 Å². The third-order valence-corrected chi connectivity index (χ3v) is 5.98. The van der Waals surface area contributed by atoms with Gasteiger partial charge in [-0.05, 0) is 70.7 Å². The van der Waals surface area contributed by atoms with Crippen molar-refractivity contribution in [2.45, 2.75) is 25.8 Å². The lowest BCUT2D eigenvalue weighted by Crippen LogP contribution is -2.30. The molecule has 30 heavy (non-hydrogen) atoms. The summed E-state index contributed by atoms with van der Waals surface area (Å²) in [6.45, 7) is 8.61. The van der Waals surface area contributed by atoms with Crippen molar-refractivity contribution in [3.63, 3.8) is 0 Å². The number of thioether (sulfide) groups is 1. The van der Waals surface area contributed by atoms with E-state index in [2.05, 4.69) is 52.2 Å². The molecule has 0 aliphatic carbocycles. The van der Waals surface area contributed by atoms with E-state index in [1.807, 2.05) is 37.3 Å². The molecule has 2 aromatic carbocycles. The molecule has 0 unspecified atom stereocenters. The number of benzene rings is 2. The van der Waals surface area contributed by atoms with Gasteiger partial charge >= 0.3 is 0 Å². The summed E-state index contributed by atoms with van der Waals surface area (Å²) >= 11 is 4.99. The van der Waals surface area contributed by atoms with Gasteiger partial charge in [0.05, 0.1) is 16.0 Å². The predicted octanol–water partition coefficient (Wildman–Crippen LogP) is 5.57. The summed E-state index contributed by atoms with van der Waals surface area (Å²) in [5.74, 6) is 1.14. The van der Waals surface area contributed by atoms with Gasteiger partial charge in [-0.2, -0.15) is 0 Å². The standard InChI is InChI=1S/C23H25BrN2O3S/c1-4-11-29-21-18(24)12-16(13-19(21)28-6-3)14-20-22(27)26-23(30-20)25-17-9-7-15(5-2)8-10-17/h4,7-10,12-14,23,25H,1,5-6,11H2,2-3H3,(H,26,27)/b20-14-/t23-/m0/s1. The fraction of sp³-hybridized carbons (Fsp3) is 0.261. The zero-order valence-corrected chi connectivity index (χ0v) is 19.4. The molecule has 2 N–H and O–H groups in total. The first-order valence-corrected chi connectivity index (χ1v) is 11.5. The van der Waals surface area contributed by atoms with Gasteiger partial charge in [0, 0.05) is 5.69 Å². The van der Waals surface area contributed by atoms with Gasteiger partial charge in [-0.15, -0.1) is 0 Å². The van der Waals surface area contributed by atoms with E-state index in [9.17, 15) is 4.79 Å². The Morgan fingerprint density at radius 1 is 1.23 bits per heavy atom. The van der Waals surface area contributed by atoms with E-state index in [0.717, 1.165) is 22.1 Å². The lowest BCUT2D eigenvalue weighted by atomic mass is 10.1. The average molecular weight is 489 g/mol. The number of amides is 1. The minimum atomic E-state index is -0.221. The van der Waals surface area contributed by atoms with Crippen LogP contribution in [0.5, 0.6) is 11.5 Å². The highest BCUT2D eigenvalue weighted by molar-refractivity contribution is 9.10. The zero-order valence-electron chi connectivity index (χ0n) is 17.0. The van der Waals surface area contributed by atoms with Crippen molar-refractivity contribution in [3.8, 4) is 11.5 Å². The maximum atomic E-state index is 12.5. The highest BCUT2D eigenvalue weighted by Gasteiger charge is 2.27. The van der Waals surface area contributed by atoms with Crippen LogP contribution in [0.4, 0.5) is 5.69 Å². The first-order chi connectivity index (χ1) is 14.5. The topological polar surface area (TPSA) is 59.6 Å². The minimum absolute atomic E-state index is 0.108. The third kappa shape index (κ3) is 5.61. The molecule has 158 valence electrons. The molecular formula is C23H25BrN2O3S. The molecule has 3 rings (SSSR count). The Balaban J connectivity index is 1.76. The van der Waals surface area contributed by atoms with Crippen molar-refractivity contribution in [1.29, 1.82) is 0 Å². The number of rotatable bonds is 9. The number of hydrogen-bond acceptors (Lipinski definition) is 5. The van der Waals surface area contributed by atoms with E-state index >= 15 is 0 Å². The first-order valence-electron chi connectivity index (χ1n) is 9.78. The molecule has 5 nitrogen and oxygen atoms in total. The molecule has 1 amide bonds. The molecule has 2 aromatic rings. The van der Waals surface area contributed by atoms with Crippen LogP contribution in [-0.2, 0) is 11.2 Å². The van der Waals surface area contributed by atoms with Gasteiger partial charge in [-0.25, -0.2) is 0 Å². The number of anilines is 1. The largest absolute Gasteiger partial charge is 0.490 e. The van der Waals surface area contributed by atoms with Crippen LogP contribution >= 0.6 is 27.7 Å². The lowest BCUT2D eigenvalue weighted by Gasteiger charge is -2.14. The van der Waals surface area contributed by atoms with E-state index < -0.39 is 0 Å². The number of carbonyl (C=O) groups excluding carboxylic acids is 1. The Hall–Kier alpha value is -2.38. The van der Waals surface area contributed by atoms with Crippen LogP contribution in [0.1, 0.15) is 25.0 Å². The number of hydrogen-bond donors (Lipinski definition) is 2. The maximum absolute atomic E-state index is 12.5. The highest BCUT2D eigenvalue weighted by Crippen LogP contribution is 2.39. The number of aryl methyl sites for hydroxylation is 1. The van der Waals surface area contributed by atoms with Gasteiger partial charge in [-0.1, -0.05) is 43.5 Å². The molecule has 0 spiro atoms. The van der Waals surface area contributed by atoms with Crippen molar-refractivity contribution in [2.75, 3.05) is 18.5 Å². The summed E-state index contributed by atoms with van der Waals surface area (Å²) in [6.07, 6.45) is 4.53. The second kappa shape index (κ2) is 10.6. The second-order valence-corrected chi connectivity index (χ2v) is 8.54. The number of ether oxygens (including phenoxy) is 2. The molecule has 0 radical (unpaired) electrons. The van der Waals surface area contributed by atoms with Gasteiger partial charge in [0.15, 0.2) is 17.0 Å². The van der Waals surface area contributed by atoms with Gasteiger partial charge < -0.3 is 20.1 Å². The van der Waals surface area contributed by atoms with Crippen molar-refractivity contribution < 1.29 is 14.3 Å². The van der Waals surface area contributed by atoms with Crippen molar-refractivity contribution >= 4 is 45.4 Å². The van der Waals surface area contributed by atoms with E-state index in [1.165, 1.54) is 17.3 Å². The Kier molecular flexibility index (Phi) is 7.87. The monoisotopic (exact) mass is 488 g/mol. The Morgan fingerprint density at radius 3 is 2.67 bits per heavy atom. The molecular weight excluding hydrogens is 464 g/mol. The van der Waals surface area contributed by atoms with E-state index in [-0.39, 0.29) is 11.4 Å². The Labute approximate surface area is 190 Å². The Morgan fingerprint density at radius 2 is 2.00 bits per heavy atom. The predicted molar refractivity (Wildman–Crippen MR) is 128 cm³/mol. The van der Waals surface area contributed by atoms with Crippen molar-refractivity contribution in [3.05, 3.63) is 69.6 Å². The second-order valence-electron chi connectivity index (χ2n) is 6.54. The van der Waals surface area contributed by atoms with Crippen LogP contribution in [0.25, 0.3) is 6.08 Å². The summed E-state index contributed by atoms with van der Waals surface area (Å²) < 4.78 is 12.2. The Bertz CT molecular complexity index is 944. The molecule has 1 fully saturated rings. The number of nitrogens with one attached hydrogen (secondary N) is 2. The highest BCUT2D eigenvalue weighted by atomic mass is 79.9. The molecule has 0 aromatic heterocycles. The van der Waals surface area contributed by atoms with Crippen molar-refractivity contribution in [1.82, 2.24) is 5.32 Å². The number of halogens is 1. The molecule has 1 saturated heterocycles. The van der Waals surface area contributed by atoms with Gasteiger partial charge in [0.1, 0.15) is 6.61 Å². The van der Waals surface area contributed by atoms with Gasteiger partial charge in [0.25, 0.3) is 5.91 Å². The molecule has 0 bridgehead atoms. The molecule has 1 atom stereocenters. The first kappa shape index (κ1) is 22.3. The van der Waals surface area contributed by atoms with Crippen LogP contribution < -0.4 is 20.1 Å². The van der Waals surface area contributed by atoms with Gasteiger partial charge in [-0.3, -0.25) is 4.79 Å². The molecule has 1 aliphatic rings. The molecule has 1 aliphatic heterocycles. The number of carbonyl (C=O) groups is 1. The normalized spacial score (nSPS) is 17.0. The molecule has 7 heteroatoms. The summed E-state index contributed by atoms with van der Waals surface area (Å²) in [7, 11) is 0. The van der Waals surface area contributed by atoms with Crippen molar-refractivity contribution in [2.24, 2.45) is 0 Å². The molecule has 1 heterocycles. The fourth-order valence-electron chi connectivity index (χ4n) is 2.92. The van der Waals surface area contributed by atoms with E-state index in [1.54, 1.807) is 6.08 Å². The SMILES string of the molecule is C=CCOc1c(Br)cc(/C=C2\S[C@@H](Nc3ccc(CC)cc3)NC2=O)cc1OCC. The van der Waals surface area contributed by atoms with Crippen LogP contribution in [-0.4, -0.2) is 24.6 Å². The van der Waals surface area contributed by atoms with Crippen LogP contribution in [0, 0.1) is 0 Å². The third-order valence-electron chi connectivity index (χ3n) is 4.37. The summed E-state index contributed by atoms with van der Waals surface area (Å²) in [6, 6.07) is 12.0. The van der Waals surface area contributed by atoms with E-state index in [4.69, 9.17) is 9.47 Å².